The largest absolute Gasteiger partial charge is 0.367 e. The van der Waals surface area contributed by atoms with Crippen molar-refractivity contribution in [2.75, 3.05) is 5.32 Å². The van der Waals surface area contributed by atoms with Crippen LogP contribution in [0.25, 0.3) is 0 Å². The zero-order valence-electron chi connectivity index (χ0n) is 10.8. The molecule has 0 spiro atoms. The molecule has 0 amide bonds. The van der Waals surface area contributed by atoms with Gasteiger partial charge in [0.05, 0.1) is 0 Å². The molecule has 0 saturated carbocycles. The highest BCUT2D eigenvalue weighted by atomic mass is 35.5. The lowest BCUT2D eigenvalue weighted by Crippen LogP contribution is -2.19. The van der Waals surface area contributed by atoms with Gasteiger partial charge in [0.25, 0.3) is 0 Å². The SMILES string of the molecule is Cc1nc(Cl)cc(NC(C)Cc2cccc(F)c2)n1. The Balaban J connectivity index is 2.03. The Kier molecular flexibility index (Phi) is 4.32. The predicted molar refractivity (Wildman–Crippen MR) is 75.0 cm³/mol. The third-order valence-corrected chi connectivity index (χ3v) is 2.83. The molecular formula is C14H15ClFN3. The van der Waals surface area contributed by atoms with Crippen molar-refractivity contribution < 1.29 is 4.39 Å². The highest BCUT2D eigenvalue weighted by molar-refractivity contribution is 6.29. The van der Waals surface area contributed by atoms with E-state index in [-0.39, 0.29) is 11.9 Å². The average molecular weight is 280 g/mol. The van der Waals surface area contributed by atoms with E-state index in [4.69, 9.17) is 11.6 Å². The van der Waals surface area contributed by atoms with E-state index in [0.29, 0.717) is 23.2 Å². The van der Waals surface area contributed by atoms with Crippen molar-refractivity contribution in [2.45, 2.75) is 26.3 Å². The highest BCUT2D eigenvalue weighted by Gasteiger charge is 2.07. The lowest BCUT2D eigenvalue weighted by molar-refractivity contribution is 0.624. The standard InChI is InChI=1S/C14H15ClFN3/c1-9(6-11-4-3-5-12(16)7-11)17-14-8-13(15)18-10(2)19-14/h3-5,7-9H,6H2,1-2H3,(H,17,18,19). The van der Waals surface area contributed by atoms with Crippen LogP contribution in [0, 0.1) is 12.7 Å². The van der Waals surface area contributed by atoms with E-state index in [0.717, 1.165) is 5.56 Å². The molecule has 0 aliphatic carbocycles. The zero-order chi connectivity index (χ0) is 13.8. The van der Waals surface area contributed by atoms with Gasteiger partial charge >= 0.3 is 0 Å². The molecule has 0 fully saturated rings. The van der Waals surface area contributed by atoms with Crippen LogP contribution in [-0.4, -0.2) is 16.0 Å². The first-order chi connectivity index (χ1) is 9.02. The normalized spacial score (nSPS) is 12.2. The second kappa shape index (κ2) is 5.97. The third kappa shape index (κ3) is 4.17. The molecule has 1 heterocycles. The number of anilines is 1. The second-order valence-electron chi connectivity index (χ2n) is 4.50. The summed E-state index contributed by atoms with van der Waals surface area (Å²) < 4.78 is 13.1. The van der Waals surface area contributed by atoms with Crippen molar-refractivity contribution in [3.8, 4) is 0 Å². The van der Waals surface area contributed by atoms with Gasteiger partial charge in [0.2, 0.25) is 0 Å². The van der Waals surface area contributed by atoms with Gasteiger partial charge in [0.15, 0.2) is 0 Å². The molecular weight excluding hydrogens is 265 g/mol. The van der Waals surface area contributed by atoms with E-state index in [2.05, 4.69) is 15.3 Å². The fraction of sp³-hybridized carbons (Fsp3) is 0.286. The summed E-state index contributed by atoms with van der Waals surface area (Å²) in [6.07, 6.45) is 0.707. The molecule has 19 heavy (non-hydrogen) atoms. The fourth-order valence-corrected chi connectivity index (χ4v) is 2.15. The number of aromatic nitrogens is 2. The summed E-state index contributed by atoms with van der Waals surface area (Å²) in [6, 6.07) is 8.39. The Labute approximate surface area is 116 Å². The molecule has 0 radical (unpaired) electrons. The van der Waals surface area contributed by atoms with Crippen molar-refractivity contribution in [1.29, 1.82) is 0 Å². The first-order valence-electron chi connectivity index (χ1n) is 6.05. The molecule has 1 aromatic carbocycles. The second-order valence-corrected chi connectivity index (χ2v) is 4.89. The molecule has 0 aliphatic rings. The van der Waals surface area contributed by atoms with Crippen LogP contribution >= 0.6 is 11.6 Å². The molecule has 1 N–H and O–H groups in total. The van der Waals surface area contributed by atoms with Crippen molar-refractivity contribution in [2.24, 2.45) is 0 Å². The maximum atomic E-state index is 13.1. The van der Waals surface area contributed by atoms with Gasteiger partial charge in [-0.15, -0.1) is 0 Å². The maximum Gasteiger partial charge on any atom is 0.134 e. The number of hydrogen-bond donors (Lipinski definition) is 1. The minimum atomic E-state index is -0.217. The molecule has 0 bridgehead atoms. The summed E-state index contributed by atoms with van der Waals surface area (Å²) in [5, 5.41) is 3.64. The first-order valence-corrected chi connectivity index (χ1v) is 6.43. The fourth-order valence-electron chi connectivity index (χ4n) is 1.93. The predicted octanol–water partition coefficient (Wildman–Crippen LogP) is 3.62. The number of aryl methyl sites for hydroxylation is 1. The average Bonchev–Trinajstić information content (AvgIpc) is 2.26. The smallest absolute Gasteiger partial charge is 0.134 e. The number of rotatable bonds is 4. The van der Waals surface area contributed by atoms with Crippen molar-refractivity contribution >= 4 is 17.4 Å². The summed E-state index contributed by atoms with van der Waals surface area (Å²) >= 11 is 5.87. The Bertz CT molecular complexity index is 554. The lowest BCUT2D eigenvalue weighted by Gasteiger charge is -2.15. The molecule has 0 aliphatic heterocycles. The summed E-state index contributed by atoms with van der Waals surface area (Å²) in [5.41, 5.74) is 0.942. The van der Waals surface area contributed by atoms with Gasteiger partial charge in [0.1, 0.15) is 22.6 Å². The Morgan fingerprint density at radius 1 is 1.32 bits per heavy atom. The molecule has 1 unspecified atom stereocenters. The Hall–Kier alpha value is -1.68. The summed E-state index contributed by atoms with van der Waals surface area (Å²) in [4.78, 5) is 8.25. The third-order valence-electron chi connectivity index (χ3n) is 2.63. The quantitative estimate of drug-likeness (QED) is 0.869. The van der Waals surface area contributed by atoms with Gasteiger partial charge < -0.3 is 5.32 Å². The van der Waals surface area contributed by atoms with Gasteiger partial charge in [-0.3, -0.25) is 0 Å². The number of nitrogens with zero attached hydrogens (tertiary/aromatic N) is 2. The van der Waals surface area contributed by atoms with Crippen LogP contribution in [0.1, 0.15) is 18.3 Å². The monoisotopic (exact) mass is 279 g/mol. The number of benzene rings is 1. The molecule has 2 rings (SSSR count). The van der Waals surface area contributed by atoms with Crippen LogP contribution in [-0.2, 0) is 6.42 Å². The van der Waals surface area contributed by atoms with E-state index in [1.54, 1.807) is 19.1 Å². The summed E-state index contributed by atoms with van der Waals surface area (Å²) in [7, 11) is 0. The van der Waals surface area contributed by atoms with Crippen LogP contribution in [0.3, 0.4) is 0 Å². The molecule has 0 saturated heterocycles. The van der Waals surface area contributed by atoms with E-state index in [1.807, 2.05) is 13.0 Å². The van der Waals surface area contributed by atoms with Crippen LogP contribution < -0.4 is 5.32 Å². The lowest BCUT2D eigenvalue weighted by atomic mass is 10.1. The van der Waals surface area contributed by atoms with Crippen LogP contribution in [0.5, 0.6) is 0 Å². The first kappa shape index (κ1) is 13.7. The van der Waals surface area contributed by atoms with Gasteiger partial charge in [-0.05, 0) is 38.0 Å². The molecule has 1 atom stereocenters. The Morgan fingerprint density at radius 3 is 2.79 bits per heavy atom. The van der Waals surface area contributed by atoms with Crippen molar-refractivity contribution in [3.05, 3.63) is 52.7 Å². The van der Waals surface area contributed by atoms with E-state index < -0.39 is 0 Å². The van der Waals surface area contributed by atoms with Crippen molar-refractivity contribution in [3.63, 3.8) is 0 Å². The minimum Gasteiger partial charge on any atom is -0.367 e. The molecule has 1 aromatic heterocycles. The summed E-state index contributed by atoms with van der Waals surface area (Å²) in [5.74, 6) is 1.08. The van der Waals surface area contributed by atoms with Crippen molar-refractivity contribution in [1.82, 2.24) is 9.97 Å². The topological polar surface area (TPSA) is 37.8 Å². The van der Waals surface area contributed by atoms with E-state index in [9.17, 15) is 4.39 Å². The zero-order valence-corrected chi connectivity index (χ0v) is 11.6. The highest BCUT2D eigenvalue weighted by Crippen LogP contribution is 2.14. The molecule has 5 heteroatoms. The molecule has 100 valence electrons. The van der Waals surface area contributed by atoms with Gasteiger partial charge in [-0.1, -0.05) is 23.7 Å². The molecule has 3 nitrogen and oxygen atoms in total. The number of nitrogens with one attached hydrogen (secondary N) is 1. The maximum absolute atomic E-state index is 13.1. The van der Waals surface area contributed by atoms with Crippen LogP contribution in [0.4, 0.5) is 10.2 Å². The number of halogens is 2. The number of hydrogen-bond acceptors (Lipinski definition) is 3. The molecule has 2 aromatic rings. The van der Waals surface area contributed by atoms with Crippen LogP contribution in [0.2, 0.25) is 5.15 Å². The van der Waals surface area contributed by atoms with Gasteiger partial charge in [-0.2, -0.15) is 0 Å². The summed E-state index contributed by atoms with van der Waals surface area (Å²) in [6.45, 7) is 3.80. The van der Waals surface area contributed by atoms with Gasteiger partial charge in [-0.25, -0.2) is 14.4 Å². The van der Waals surface area contributed by atoms with Crippen LogP contribution in [0.15, 0.2) is 30.3 Å². The van der Waals surface area contributed by atoms with E-state index in [1.165, 1.54) is 12.1 Å². The van der Waals surface area contributed by atoms with Gasteiger partial charge in [0, 0.05) is 12.1 Å². The minimum absolute atomic E-state index is 0.118. The van der Waals surface area contributed by atoms with E-state index >= 15 is 0 Å². The Morgan fingerprint density at radius 2 is 2.11 bits per heavy atom.